The third kappa shape index (κ3) is 5.17. The fourth-order valence-corrected chi connectivity index (χ4v) is 2.23. The van der Waals surface area contributed by atoms with Crippen molar-refractivity contribution < 1.29 is 4.79 Å². The van der Waals surface area contributed by atoms with Crippen molar-refractivity contribution in [2.24, 2.45) is 11.7 Å². The van der Waals surface area contributed by atoms with Gasteiger partial charge in [-0.2, -0.15) is 0 Å². The molecular formula is C18H23ClN2O. The lowest BCUT2D eigenvalue weighted by molar-refractivity contribution is -0.136. The maximum atomic E-state index is 12.5. The second kappa shape index (κ2) is 9.23. The predicted molar refractivity (Wildman–Crippen MR) is 92.6 cm³/mol. The normalized spacial score (nSPS) is 11.4. The van der Waals surface area contributed by atoms with E-state index >= 15 is 0 Å². The van der Waals surface area contributed by atoms with Crippen LogP contribution >= 0.6 is 12.4 Å². The fraction of sp³-hybridized carbons (Fsp3) is 0.278. The summed E-state index contributed by atoms with van der Waals surface area (Å²) in [6, 6.07) is 20.1. The largest absolute Gasteiger partial charge is 0.334 e. The van der Waals surface area contributed by atoms with Crippen LogP contribution in [0.2, 0.25) is 0 Å². The average Bonchev–Trinajstić information content (AvgIpc) is 2.54. The number of rotatable bonds is 6. The lowest BCUT2D eigenvalue weighted by Crippen LogP contribution is -2.37. The van der Waals surface area contributed by atoms with Gasteiger partial charge in [-0.1, -0.05) is 67.6 Å². The minimum atomic E-state index is -0.155. The van der Waals surface area contributed by atoms with Gasteiger partial charge in [-0.15, -0.1) is 12.4 Å². The second-order valence-corrected chi connectivity index (χ2v) is 5.30. The van der Waals surface area contributed by atoms with Crippen molar-refractivity contribution in [2.45, 2.75) is 20.0 Å². The van der Waals surface area contributed by atoms with Crippen LogP contribution < -0.4 is 5.73 Å². The van der Waals surface area contributed by atoms with Gasteiger partial charge in [0.2, 0.25) is 5.91 Å². The molecule has 0 saturated heterocycles. The molecule has 0 aliphatic rings. The van der Waals surface area contributed by atoms with Crippen LogP contribution in [0.3, 0.4) is 0 Å². The van der Waals surface area contributed by atoms with Crippen molar-refractivity contribution in [1.29, 1.82) is 0 Å². The Balaban J connectivity index is 0.00000242. The molecule has 0 aliphatic heterocycles. The van der Waals surface area contributed by atoms with Gasteiger partial charge in [0.15, 0.2) is 0 Å². The summed E-state index contributed by atoms with van der Waals surface area (Å²) in [5, 5.41) is 0. The summed E-state index contributed by atoms with van der Waals surface area (Å²) in [4.78, 5) is 14.4. The third-order valence-corrected chi connectivity index (χ3v) is 3.52. The third-order valence-electron chi connectivity index (χ3n) is 3.52. The molecule has 4 heteroatoms. The molecule has 1 atom stereocenters. The zero-order valence-corrected chi connectivity index (χ0v) is 13.6. The molecule has 2 rings (SSSR count). The summed E-state index contributed by atoms with van der Waals surface area (Å²) < 4.78 is 0. The number of hydrogen-bond acceptors (Lipinski definition) is 2. The second-order valence-electron chi connectivity index (χ2n) is 5.30. The van der Waals surface area contributed by atoms with E-state index in [2.05, 4.69) is 0 Å². The number of benzene rings is 2. The zero-order chi connectivity index (χ0) is 15.1. The maximum absolute atomic E-state index is 12.5. The van der Waals surface area contributed by atoms with Gasteiger partial charge in [-0.3, -0.25) is 4.79 Å². The molecule has 22 heavy (non-hydrogen) atoms. The molecule has 0 bridgehead atoms. The van der Waals surface area contributed by atoms with Gasteiger partial charge in [-0.05, 0) is 11.1 Å². The molecule has 0 saturated carbocycles. The first-order valence-corrected chi connectivity index (χ1v) is 7.27. The number of nitrogens with zero attached hydrogens (tertiary/aromatic N) is 1. The van der Waals surface area contributed by atoms with Crippen molar-refractivity contribution in [3.8, 4) is 0 Å². The zero-order valence-electron chi connectivity index (χ0n) is 12.8. The standard InChI is InChI=1S/C18H22N2O.ClH/c1-15(12-19)18(21)20(13-16-8-4-2-5-9-16)14-17-10-6-3-7-11-17;/h2-11,15H,12-14,19H2,1H3;1H. The van der Waals surface area contributed by atoms with Crippen LogP contribution in [0.1, 0.15) is 18.1 Å². The van der Waals surface area contributed by atoms with Gasteiger partial charge in [0.05, 0.1) is 0 Å². The lowest BCUT2D eigenvalue weighted by Gasteiger charge is -2.25. The van der Waals surface area contributed by atoms with Crippen LogP contribution in [0.25, 0.3) is 0 Å². The molecule has 1 amide bonds. The quantitative estimate of drug-likeness (QED) is 0.889. The smallest absolute Gasteiger partial charge is 0.227 e. The molecule has 0 heterocycles. The van der Waals surface area contributed by atoms with Crippen molar-refractivity contribution >= 4 is 18.3 Å². The van der Waals surface area contributed by atoms with Gasteiger partial charge in [0.25, 0.3) is 0 Å². The topological polar surface area (TPSA) is 46.3 Å². The SMILES string of the molecule is CC(CN)C(=O)N(Cc1ccccc1)Cc1ccccc1.Cl. The van der Waals surface area contributed by atoms with E-state index in [0.717, 1.165) is 11.1 Å². The van der Waals surface area contributed by atoms with Gasteiger partial charge in [0.1, 0.15) is 0 Å². The summed E-state index contributed by atoms with van der Waals surface area (Å²) in [6.07, 6.45) is 0. The van der Waals surface area contributed by atoms with Crippen LogP contribution in [0.15, 0.2) is 60.7 Å². The first-order chi connectivity index (χ1) is 10.2. The van der Waals surface area contributed by atoms with E-state index in [1.54, 1.807) is 0 Å². The van der Waals surface area contributed by atoms with E-state index < -0.39 is 0 Å². The van der Waals surface area contributed by atoms with Crippen LogP contribution in [0, 0.1) is 5.92 Å². The Kier molecular flexibility index (Phi) is 7.64. The average molecular weight is 319 g/mol. The van der Waals surface area contributed by atoms with E-state index in [4.69, 9.17) is 5.73 Å². The summed E-state index contributed by atoms with van der Waals surface area (Å²) in [7, 11) is 0. The molecule has 0 radical (unpaired) electrons. The monoisotopic (exact) mass is 318 g/mol. The highest BCUT2D eigenvalue weighted by molar-refractivity contribution is 5.85. The van der Waals surface area contributed by atoms with Gasteiger partial charge in [0, 0.05) is 25.6 Å². The molecule has 2 aromatic carbocycles. The molecular weight excluding hydrogens is 296 g/mol. The van der Waals surface area contributed by atoms with Crippen molar-refractivity contribution in [1.82, 2.24) is 4.90 Å². The van der Waals surface area contributed by atoms with Crippen molar-refractivity contribution in [2.75, 3.05) is 6.54 Å². The molecule has 3 nitrogen and oxygen atoms in total. The number of halogens is 1. The van der Waals surface area contributed by atoms with Crippen LogP contribution in [-0.4, -0.2) is 17.4 Å². The van der Waals surface area contributed by atoms with Crippen molar-refractivity contribution in [3.05, 3.63) is 71.8 Å². The molecule has 2 aromatic rings. The number of carbonyl (C=O) groups is 1. The number of amides is 1. The minimum Gasteiger partial charge on any atom is -0.334 e. The molecule has 1 unspecified atom stereocenters. The molecule has 0 spiro atoms. The Morgan fingerprint density at radius 3 is 1.73 bits per heavy atom. The Bertz CT molecular complexity index is 518. The van der Waals surface area contributed by atoms with Gasteiger partial charge < -0.3 is 10.6 Å². The predicted octanol–water partition coefficient (Wildman–Crippen LogP) is 3.23. The Morgan fingerprint density at radius 2 is 1.36 bits per heavy atom. The van der Waals surface area contributed by atoms with Crippen LogP contribution in [0.5, 0.6) is 0 Å². The molecule has 0 aromatic heterocycles. The lowest BCUT2D eigenvalue weighted by atomic mass is 10.1. The van der Waals surface area contributed by atoms with E-state index in [0.29, 0.717) is 19.6 Å². The van der Waals surface area contributed by atoms with E-state index in [9.17, 15) is 4.79 Å². The summed E-state index contributed by atoms with van der Waals surface area (Å²) in [6.45, 7) is 3.47. The Hall–Kier alpha value is -1.84. The molecule has 2 N–H and O–H groups in total. The summed E-state index contributed by atoms with van der Waals surface area (Å²) >= 11 is 0. The van der Waals surface area contributed by atoms with E-state index in [-0.39, 0.29) is 24.2 Å². The first kappa shape index (κ1) is 18.2. The first-order valence-electron chi connectivity index (χ1n) is 7.27. The maximum Gasteiger partial charge on any atom is 0.227 e. The van der Waals surface area contributed by atoms with E-state index in [1.807, 2.05) is 72.5 Å². The number of nitrogens with two attached hydrogens (primary N) is 1. The highest BCUT2D eigenvalue weighted by Gasteiger charge is 2.19. The number of hydrogen-bond donors (Lipinski definition) is 1. The van der Waals surface area contributed by atoms with Crippen molar-refractivity contribution in [3.63, 3.8) is 0 Å². The Morgan fingerprint density at radius 1 is 0.955 bits per heavy atom. The van der Waals surface area contributed by atoms with E-state index in [1.165, 1.54) is 0 Å². The van der Waals surface area contributed by atoms with Crippen LogP contribution in [0.4, 0.5) is 0 Å². The minimum absolute atomic E-state index is 0. The number of carbonyl (C=O) groups excluding carboxylic acids is 1. The highest BCUT2D eigenvalue weighted by atomic mass is 35.5. The molecule has 0 aliphatic carbocycles. The van der Waals surface area contributed by atoms with Crippen LogP contribution in [-0.2, 0) is 17.9 Å². The fourth-order valence-electron chi connectivity index (χ4n) is 2.23. The molecule has 118 valence electrons. The summed E-state index contributed by atoms with van der Waals surface area (Å²) in [5.41, 5.74) is 7.91. The Labute approximate surface area is 138 Å². The molecule has 0 fully saturated rings. The highest BCUT2D eigenvalue weighted by Crippen LogP contribution is 2.13. The van der Waals surface area contributed by atoms with Gasteiger partial charge >= 0.3 is 0 Å². The van der Waals surface area contributed by atoms with Gasteiger partial charge in [-0.25, -0.2) is 0 Å². The summed E-state index contributed by atoms with van der Waals surface area (Å²) in [5.74, 6) is -0.0531.